The van der Waals surface area contributed by atoms with Crippen molar-refractivity contribution in [3.63, 3.8) is 0 Å². The van der Waals surface area contributed by atoms with Gasteiger partial charge in [-0.15, -0.1) is 0 Å². The van der Waals surface area contributed by atoms with Gasteiger partial charge in [-0.25, -0.2) is 19.2 Å². The van der Waals surface area contributed by atoms with Crippen molar-refractivity contribution in [2.45, 2.75) is 69.7 Å². The zero-order valence-corrected chi connectivity index (χ0v) is 24.0. The van der Waals surface area contributed by atoms with Crippen molar-refractivity contribution in [3.05, 3.63) is 65.7 Å². The minimum absolute atomic E-state index is 0.102. The van der Waals surface area contributed by atoms with Gasteiger partial charge in [0.1, 0.15) is 29.8 Å². The number of hydrogen-bond donors (Lipinski definition) is 3. The highest BCUT2D eigenvalue weighted by Crippen LogP contribution is 2.38. The normalized spacial score (nSPS) is 21.0. The molecule has 1 aliphatic heterocycles. The van der Waals surface area contributed by atoms with E-state index in [2.05, 4.69) is 35.7 Å². The molecule has 1 amide bonds. The molecule has 1 aliphatic carbocycles. The van der Waals surface area contributed by atoms with E-state index < -0.39 is 36.0 Å². The van der Waals surface area contributed by atoms with Crippen LogP contribution in [-0.2, 0) is 17.5 Å². The van der Waals surface area contributed by atoms with Crippen LogP contribution in [0, 0.1) is 0 Å². The van der Waals surface area contributed by atoms with Gasteiger partial charge in [0.25, 0.3) is 0 Å². The quantitative estimate of drug-likeness (QED) is 0.220. The van der Waals surface area contributed by atoms with Crippen molar-refractivity contribution >= 4 is 23.5 Å². The molecule has 1 saturated carbocycles. The number of aromatic nitrogens is 5. The first kappa shape index (κ1) is 29.7. The zero-order valence-electron chi connectivity index (χ0n) is 24.0. The van der Waals surface area contributed by atoms with Crippen molar-refractivity contribution in [2.24, 2.45) is 0 Å². The van der Waals surface area contributed by atoms with Crippen molar-refractivity contribution in [3.8, 4) is 5.75 Å². The first-order valence-electron chi connectivity index (χ1n) is 14.3. The van der Waals surface area contributed by atoms with Crippen LogP contribution in [0.3, 0.4) is 0 Å². The average Bonchev–Trinajstić information content (AvgIpc) is 3.66. The van der Waals surface area contributed by atoms with E-state index in [9.17, 15) is 18.0 Å². The molecule has 15 heteroatoms. The second kappa shape index (κ2) is 11.9. The number of amides is 1. The molecule has 0 radical (unpaired) electrons. The molecule has 4 aromatic rings. The van der Waals surface area contributed by atoms with E-state index in [1.165, 1.54) is 12.1 Å². The number of alkyl halides is 4. The van der Waals surface area contributed by atoms with Crippen LogP contribution in [0.25, 0.3) is 5.65 Å². The molecule has 234 valence electrons. The number of anilines is 2. The van der Waals surface area contributed by atoms with E-state index in [0.717, 1.165) is 17.8 Å². The lowest BCUT2D eigenvalue weighted by Gasteiger charge is -2.38. The SMILES string of the molecule is CC(C)NC(=O)O[C@H]1CC[C@@H](c2cc(Nc3nccc4nc(CN5CC(Oc6ccc(C(F)(F)F)cc6)C5)cn34)n[nH]2)[C@H]1F. The van der Waals surface area contributed by atoms with Crippen LogP contribution in [0.4, 0.5) is 34.1 Å². The molecule has 6 rings (SSSR count). The summed E-state index contributed by atoms with van der Waals surface area (Å²) in [6.07, 6.45) is -2.91. The molecular formula is C29H32F4N8O3. The van der Waals surface area contributed by atoms with Crippen molar-refractivity contribution in [1.29, 1.82) is 0 Å². The molecule has 3 aromatic heterocycles. The van der Waals surface area contributed by atoms with Gasteiger partial charge in [0, 0.05) is 55.7 Å². The van der Waals surface area contributed by atoms with Gasteiger partial charge in [-0.05, 0) is 57.0 Å². The molecule has 0 unspecified atom stereocenters. The monoisotopic (exact) mass is 616 g/mol. The van der Waals surface area contributed by atoms with E-state index in [1.807, 2.05) is 6.20 Å². The highest BCUT2D eigenvalue weighted by atomic mass is 19.4. The molecule has 3 atom stereocenters. The topological polar surface area (TPSA) is 122 Å². The number of rotatable bonds is 9. The summed E-state index contributed by atoms with van der Waals surface area (Å²) in [5.41, 5.74) is 1.36. The first-order chi connectivity index (χ1) is 21.0. The van der Waals surface area contributed by atoms with Gasteiger partial charge < -0.3 is 20.1 Å². The summed E-state index contributed by atoms with van der Waals surface area (Å²) >= 11 is 0. The van der Waals surface area contributed by atoms with Gasteiger partial charge in [-0.1, -0.05) is 0 Å². The van der Waals surface area contributed by atoms with E-state index in [0.29, 0.717) is 61.3 Å². The Bertz CT molecular complexity index is 1600. The number of alkyl carbamates (subject to hydrolysis) is 1. The van der Waals surface area contributed by atoms with Crippen LogP contribution < -0.4 is 15.4 Å². The summed E-state index contributed by atoms with van der Waals surface area (Å²) < 4.78 is 66.4. The summed E-state index contributed by atoms with van der Waals surface area (Å²) in [6, 6.07) is 8.10. The third kappa shape index (κ3) is 6.56. The molecular weight excluding hydrogens is 584 g/mol. The fourth-order valence-corrected chi connectivity index (χ4v) is 5.49. The number of benzene rings is 1. The lowest BCUT2D eigenvalue weighted by atomic mass is 10.0. The van der Waals surface area contributed by atoms with Crippen molar-refractivity contribution < 1.29 is 31.8 Å². The van der Waals surface area contributed by atoms with Gasteiger partial charge in [-0.3, -0.25) is 14.4 Å². The van der Waals surface area contributed by atoms with Crippen LogP contribution in [0.5, 0.6) is 5.75 Å². The largest absolute Gasteiger partial charge is 0.488 e. The third-order valence-electron chi connectivity index (χ3n) is 7.63. The Balaban J connectivity index is 1.03. The third-order valence-corrected chi connectivity index (χ3v) is 7.63. The average molecular weight is 617 g/mol. The van der Waals surface area contributed by atoms with Crippen LogP contribution >= 0.6 is 0 Å². The number of ether oxygens (including phenoxy) is 2. The van der Waals surface area contributed by atoms with E-state index in [4.69, 9.17) is 9.47 Å². The van der Waals surface area contributed by atoms with Crippen LogP contribution in [0.1, 0.15) is 49.6 Å². The molecule has 4 heterocycles. The van der Waals surface area contributed by atoms with Gasteiger partial charge in [0.15, 0.2) is 5.82 Å². The highest BCUT2D eigenvalue weighted by Gasteiger charge is 2.41. The van der Waals surface area contributed by atoms with Crippen LogP contribution in [0.2, 0.25) is 0 Å². The molecule has 3 N–H and O–H groups in total. The van der Waals surface area contributed by atoms with Crippen LogP contribution in [0.15, 0.2) is 48.8 Å². The van der Waals surface area contributed by atoms with Gasteiger partial charge in [0.05, 0.1) is 11.3 Å². The number of nitrogens with zero attached hydrogens (tertiary/aromatic N) is 5. The summed E-state index contributed by atoms with van der Waals surface area (Å²) in [5, 5.41) is 13.0. The van der Waals surface area contributed by atoms with Crippen molar-refractivity contribution in [2.75, 3.05) is 18.4 Å². The molecule has 0 spiro atoms. The Morgan fingerprint density at radius 2 is 1.93 bits per heavy atom. The zero-order chi connectivity index (χ0) is 31.0. The first-order valence-corrected chi connectivity index (χ1v) is 14.3. The Hall–Kier alpha value is -4.40. The van der Waals surface area contributed by atoms with E-state index >= 15 is 4.39 Å². The number of H-pyrrole nitrogens is 1. The lowest BCUT2D eigenvalue weighted by molar-refractivity contribution is -0.137. The van der Waals surface area contributed by atoms with Gasteiger partial charge in [-0.2, -0.15) is 18.3 Å². The second-order valence-corrected chi connectivity index (χ2v) is 11.4. The van der Waals surface area contributed by atoms with Gasteiger partial charge in [0.2, 0.25) is 5.95 Å². The Morgan fingerprint density at radius 1 is 1.16 bits per heavy atom. The smallest absolute Gasteiger partial charge is 0.416 e. The predicted molar refractivity (Wildman–Crippen MR) is 151 cm³/mol. The number of likely N-dealkylation sites (tertiary alicyclic amines) is 1. The Labute approximate surface area is 250 Å². The number of aromatic amines is 1. The Morgan fingerprint density at radius 3 is 2.66 bits per heavy atom. The minimum atomic E-state index is -4.38. The summed E-state index contributed by atoms with van der Waals surface area (Å²) in [5.74, 6) is 0.842. The van der Waals surface area contributed by atoms with E-state index in [1.54, 1.807) is 36.6 Å². The molecule has 2 aliphatic rings. The van der Waals surface area contributed by atoms with Crippen LogP contribution in [-0.4, -0.2) is 73.1 Å². The second-order valence-electron chi connectivity index (χ2n) is 11.4. The number of hydrogen-bond acceptors (Lipinski definition) is 8. The predicted octanol–water partition coefficient (Wildman–Crippen LogP) is 5.20. The molecule has 1 saturated heterocycles. The summed E-state index contributed by atoms with van der Waals surface area (Å²) in [7, 11) is 0. The summed E-state index contributed by atoms with van der Waals surface area (Å²) in [6.45, 7) is 5.39. The number of imidazole rings is 1. The molecule has 1 aromatic carbocycles. The number of carbonyl (C=O) groups is 1. The number of fused-ring (bicyclic) bond motifs is 1. The number of halogens is 4. The molecule has 0 bridgehead atoms. The molecule has 2 fully saturated rings. The maximum atomic E-state index is 15.2. The van der Waals surface area contributed by atoms with Gasteiger partial charge >= 0.3 is 12.3 Å². The lowest BCUT2D eigenvalue weighted by Crippen LogP contribution is -2.53. The fourth-order valence-electron chi connectivity index (χ4n) is 5.49. The Kier molecular flexibility index (Phi) is 8.05. The highest BCUT2D eigenvalue weighted by molar-refractivity contribution is 5.67. The molecule has 44 heavy (non-hydrogen) atoms. The van der Waals surface area contributed by atoms with Crippen molar-refractivity contribution in [1.82, 2.24) is 34.8 Å². The summed E-state index contributed by atoms with van der Waals surface area (Å²) in [4.78, 5) is 23.1. The minimum Gasteiger partial charge on any atom is -0.488 e. The van der Waals surface area contributed by atoms with E-state index in [-0.39, 0.29) is 12.1 Å². The maximum Gasteiger partial charge on any atom is 0.416 e. The molecule has 11 nitrogen and oxygen atoms in total. The maximum absolute atomic E-state index is 15.2. The standard InChI is InChI=1S/C29H32F4N8O3/c1-16(2)35-28(42)44-23-8-7-21(26(23)30)22-11-24(39-38-22)37-27-34-10-9-25-36-18(13-41(25)27)12-40-14-20(15-40)43-19-5-3-17(4-6-19)29(31,32)33/h3-6,9-11,13,16,20-21,23,26H,7-8,12,14-15H2,1-2H3,(H,35,42)(H2,34,37,38,39)/t21-,23-,26+/m0/s1. The number of carbonyl (C=O) groups excluding carboxylic acids is 1. The number of nitrogens with one attached hydrogen (secondary N) is 3. The fraction of sp³-hybridized carbons (Fsp3) is 0.448.